The van der Waals surface area contributed by atoms with Crippen molar-refractivity contribution in [2.75, 3.05) is 13.1 Å². The molecule has 0 aliphatic rings. The van der Waals surface area contributed by atoms with Gasteiger partial charge in [-0.1, -0.05) is 0 Å². The molecule has 0 aromatic carbocycles. The van der Waals surface area contributed by atoms with E-state index in [0.29, 0.717) is 0 Å². The first-order valence-electron chi connectivity index (χ1n) is 10.1. The van der Waals surface area contributed by atoms with E-state index in [1.165, 1.54) is 55.7 Å². The second-order valence-corrected chi connectivity index (χ2v) is 26.7. The molecule has 0 spiro atoms. The van der Waals surface area contributed by atoms with Crippen molar-refractivity contribution >= 4 is 42.5 Å². The third kappa shape index (κ3) is 10.6. The van der Waals surface area contributed by atoms with Crippen LogP contribution >= 0.6 is 21.2 Å². The number of rotatable bonds is 14. The predicted molar refractivity (Wildman–Crippen MR) is 117 cm³/mol. The van der Waals surface area contributed by atoms with E-state index >= 15 is 0 Å². The molecular weight excluding hydrogens is 425 g/mol. The van der Waals surface area contributed by atoms with E-state index < -0.39 is 17.0 Å². The summed E-state index contributed by atoms with van der Waals surface area (Å²) >= 11 is 3.77. The molecule has 0 rings (SSSR count). The van der Waals surface area contributed by atoms with Gasteiger partial charge in [-0.25, -0.2) is 0 Å². The second-order valence-electron chi connectivity index (χ2n) is 6.85. The van der Waals surface area contributed by atoms with Crippen LogP contribution in [-0.2, 0) is 0 Å². The van der Waals surface area contributed by atoms with E-state index in [-0.39, 0.29) is 0 Å². The number of nitrogens with zero attached hydrogens (tertiary/aromatic N) is 1. The Morgan fingerprint density at radius 1 is 0.739 bits per heavy atom. The molecule has 0 bridgehead atoms. The SMILES string of the molecule is CCC[CH2][Sn]([CH2]CCC)([CH2]CCC)[S]C(=S)N(CCC)CCC. The van der Waals surface area contributed by atoms with E-state index in [1.54, 1.807) is 13.3 Å². The number of hydrogen-bond acceptors (Lipinski definition) is 2. The van der Waals surface area contributed by atoms with Crippen molar-refractivity contribution in [1.29, 1.82) is 0 Å². The van der Waals surface area contributed by atoms with Gasteiger partial charge >= 0.3 is 160 Å². The van der Waals surface area contributed by atoms with Gasteiger partial charge in [-0.05, 0) is 0 Å². The molecule has 0 aliphatic heterocycles. The molecule has 0 radical (unpaired) electrons. The normalized spacial score (nSPS) is 11.7. The Morgan fingerprint density at radius 2 is 1.13 bits per heavy atom. The Morgan fingerprint density at radius 3 is 1.43 bits per heavy atom. The van der Waals surface area contributed by atoms with Gasteiger partial charge in [0.05, 0.1) is 0 Å². The first-order chi connectivity index (χ1) is 11.1. The average Bonchev–Trinajstić information content (AvgIpc) is 2.55. The second kappa shape index (κ2) is 15.3. The Labute approximate surface area is 159 Å². The van der Waals surface area contributed by atoms with Crippen LogP contribution in [0.25, 0.3) is 0 Å². The predicted octanol–water partition coefficient (Wildman–Crippen LogP) is 7.47. The molecule has 0 heterocycles. The fourth-order valence-electron chi connectivity index (χ4n) is 3.11. The molecule has 0 unspecified atom stereocenters. The van der Waals surface area contributed by atoms with Gasteiger partial charge in [0.15, 0.2) is 0 Å². The standard InChI is InChI=1S/C7H15NS2.3C4H9.Sn/c1-3-5-8(6-4-2)7(9)10;3*1-3-4-2;/h3-6H2,1-2H3,(H,9,10);3*1,3-4H2,2H3;/q;;;;+1/p-1. The molecule has 0 saturated carbocycles. The van der Waals surface area contributed by atoms with Crippen molar-refractivity contribution in [1.82, 2.24) is 4.90 Å². The molecule has 138 valence electrons. The summed E-state index contributed by atoms with van der Waals surface area (Å²) in [5, 5.41) is 0. The van der Waals surface area contributed by atoms with E-state index in [1.807, 2.05) is 0 Å². The Balaban J connectivity index is 5.06. The molecule has 0 aromatic rings. The van der Waals surface area contributed by atoms with Crippen LogP contribution in [0.2, 0.25) is 13.3 Å². The zero-order chi connectivity index (χ0) is 17.6. The van der Waals surface area contributed by atoms with E-state index in [0.717, 1.165) is 13.1 Å². The Bertz CT molecular complexity index is 269. The number of thiocarbonyl (C=S) groups is 1. The fraction of sp³-hybridized carbons (Fsp3) is 0.947. The maximum absolute atomic E-state index is 5.95. The molecule has 1 nitrogen and oxygen atoms in total. The van der Waals surface area contributed by atoms with Gasteiger partial charge < -0.3 is 0 Å². The van der Waals surface area contributed by atoms with Crippen LogP contribution in [0.5, 0.6) is 0 Å². The molecule has 0 fully saturated rings. The van der Waals surface area contributed by atoms with E-state index in [9.17, 15) is 0 Å². The van der Waals surface area contributed by atoms with Gasteiger partial charge in [-0.15, -0.1) is 0 Å². The zero-order valence-electron chi connectivity index (χ0n) is 16.5. The molecule has 0 atom stereocenters. The molecule has 0 N–H and O–H groups in total. The van der Waals surface area contributed by atoms with Crippen molar-refractivity contribution in [3.63, 3.8) is 0 Å². The molecule has 23 heavy (non-hydrogen) atoms. The van der Waals surface area contributed by atoms with Gasteiger partial charge in [-0.2, -0.15) is 0 Å². The summed E-state index contributed by atoms with van der Waals surface area (Å²) in [5.41, 5.74) is 0. The summed E-state index contributed by atoms with van der Waals surface area (Å²) in [6, 6.07) is 0. The van der Waals surface area contributed by atoms with Crippen molar-refractivity contribution in [3.8, 4) is 0 Å². The van der Waals surface area contributed by atoms with E-state index in [2.05, 4.69) is 48.5 Å². The van der Waals surface area contributed by atoms with Gasteiger partial charge in [0.1, 0.15) is 0 Å². The Hall–Kier alpha value is 1.04. The van der Waals surface area contributed by atoms with Crippen molar-refractivity contribution in [2.24, 2.45) is 0 Å². The molecule has 0 saturated heterocycles. The molecule has 0 amide bonds. The molecular formula is C19H41NS2Sn. The fourth-order valence-corrected chi connectivity index (χ4v) is 28.3. The molecule has 0 aromatic heterocycles. The van der Waals surface area contributed by atoms with Crippen molar-refractivity contribution in [3.05, 3.63) is 0 Å². The van der Waals surface area contributed by atoms with E-state index in [4.69, 9.17) is 12.2 Å². The van der Waals surface area contributed by atoms with Crippen LogP contribution in [-0.4, -0.2) is 39.3 Å². The van der Waals surface area contributed by atoms with Gasteiger partial charge in [0.2, 0.25) is 0 Å². The molecule has 0 aliphatic carbocycles. The van der Waals surface area contributed by atoms with Crippen LogP contribution in [0.1, 0.15) is 86.0 Å². The monoisotopic (exact) mass is 467 g/mol. The minimum absolute atomic E-state index is 1.15. The number of unbranched alkanes of at least 4 members (excludes halogenated alkanes) is 3. The van der Waals surface area contributed by atoms with Gasteiger partial charge in [0.25, 0.3) is 0 Å². The third-order valence-corrected chi connectivity index (χ3v) is 27.4. The summed E-state index contributed by atoms with van der Waals surface area (Å²) < 4.78 is 5.89. The van der Waals surface area contributed by atoms with Crippen molar-refractivity contribution < 1.29 is 0 Å². The molecule has 4 heteroatoms. The summed E-state index contributed by atoms with van der Waals surface area (Å²) in [5.74, 6) is 0. The summed E-state index contributed by atoms with van der Waals surface area (Å²) in [7, 11) is 2.27. The van der Waals surface area contributed by atoms with Crippen LogP contribution < -0.4 is 0 Å². The first-order valence-corrected chi connectivity index (χ1v) is 20.8. The first kappa shape index (κ1) is 24.0. The van der Waals surface area contributed by atoms with Gasteiger partial charge in [0, 0.05) is 0 Å². The summed E-state index contributed by atoms with van der Waals surface area (Å²) in [6.07, 6.45) is 10.7. The minimum atomic E-state index is -2.18. The third-order valence-electron chi connectivity index (χ3n) is 4.51. The van der Waals surface area contributed by atoms with Crippen LogP contribution in [0.15, 0.2) is 0 Å². The van der Waals surface area contributed by atoms with Crippen LogP contribution in [0.3, 0.4) is 0 Å². The summed E-state index contributed by atoms with van der Waals surface area (Å²) in [4.78, 5) is 2.51. The average molecular weight is 466 g/mol. The summed E-state index contributed by atoms with van der Waals surface area (Å²) in [6.45, 7) is 13.9. The quantitative estimate of drug-likeness (QED) is 0.193. The topological polar surface area (TPSA) is 3.24 Å². The maximum atomic E-state index is 5.95. The van der Waals surface area contributed by atoms with Crippen molar-refractivity contribution in [2.45, 2.75) is 99.3 Å². The Kier molecular flexibility index (Phi) is 16.0. The van der Waals surface area contributed by atoms with Crippen LogP contribution in [0, 0.1) is 0 Å². The number of hydrogen-bond donors (Lipinski definition) is 0. The van der Waals surface area contributed by atoms with Gasteiger partial charge in [-0.3, -0.25) is 0 Å². The van der Waals surface area contributed by atoms with Crippen LogP contribution in [0.4, 0.5) is 0 Å². The zero-order valence-corrected chi connectivity index (χ0v) is 20.9.